The molecule has 0 aliphatic heterocycles. The molecular formula is C18H16Cl2O4. The summed E-state index contributed by atoms with van der Waals surface area (Å²) >= 11 is 12.7. The molecule has 0 amide bonds. The molecule has 0 aliphatic carbocycles. The highest BCUT2D eigenvalue weighted by Crippen LogP contribution is 2.52. The molecule has 24 heavy (non-hydrogen) atoms. The van der Waals surface area contributed by atoms with Gasteiger partial charge < -0.3 is 18.9 Å². The first-order chi connectivity index (χ1) is 11.6. The van der Waals surface area contributed by atoms with Gasteiger partial charge in [0.1, 0.15) is 23.0 Å². The molecule has 0 N–H and O–H groups in total. The Balaban J connectivity index is 2.71. The van der Waals surface area contributed by atoms with Crippen LogP contribution in [0.2, 0.25) is 10.0 Å². The summed E-state index contributed by atoms with van der Waals surface area (Å²) in [4.78, 5) is 0. The molecule has 3 aromatic carbocycles. The summed E-state index contributed by atoms with van der Waals surface area (Å²) in [5.41, 5.74) is 0. The zero-order valence-electron chi connectivity index (χ0n) is 13.7. The minimum absolute atomic E-state index is 0.399. The minimum atomic E-state index is 0.399. The van der Waals surface area contributed by atoms with Gasteiger partial charge in [0.15, 0.2) is 0 Å². The molecule has 0 unspecified atom stereocenters. The van der Waals surface area contributed by atoms with Crippen LogP contribution in [0.4, 0.5) is 0 Å². The lowest BCUT2D eigenvalue weighted by Gasteiger charge is -2.19. The van der Waals surface area contributed by atoms with Crippen LogP contribution in [0, 0.1) is 0 Å². The Morgan fingerprint density at radius 3 is 1.67 bits per heavy atom. The molecule has 0 atom stereocenters. The van der Waals surface area contributed by atoms with Crippen LogP contribution in [-0.2, 0) is 0 Å². The van der Waals surface area contributed by atoms with Gasteiger partial charge in [0.25, 0.3) is 0 Å². The predicted octanol–water partition coefficient (Wildman–Crippen LogP) is 5.33. The third-order valence-corrected chi connectivity index (χ3v) is 4.80. The van der Waals surface area contributed by atoms with E-state index >= 15 is 0 Å². The van der Waals surface area contributed by atoms with E-state index in [-0.39, 0.29) is 0 Å². The van der Waals surface area contributed by atoms with Crippen molar-refractivity contribution in [2.24, 2.45) is 0 Å². The van der Waals surface area contributed by atoms with Crippen LogP contribution >= 0.6 is 23.2 Å². The first kappa shape index (κ1) is 16.8. The summed E-state index contributed by atoms with van der Waals surface area (Å²) in [5.74, 6) is 2.45. The summed E-state index contributed by atoms with van der Waals surface area (Å²) in [6, 6.07) is 7.22. The predicted molar refractivity (Wildman–Crippen MR) is 97.7 cm³/mol. The summed E-state index contributed by atoms with van der Waals surface area (Å²) in [6.45, 7) is 0. The maximum atomic E-state index is 6.47. The highest BCUT2D eigenvalue weighted by molar-refractivity contribution is 6.46. The van der Waals surface area contributed by atoms with Crippen LogP contribution in [0.1, 0.15) is 0 Å². The quantitative estimate of drug-likeness (QED) is 0.584. The number of fused-ring (bicyclic) bond motifs is 2. The Bertz CT molecular complexity index is 938. The molecule has 3 aromatic rings. The van der Waals surface area contributed by atoms with E-state index in [1.165, 1.54) is 0 Å². The fourth-order valence-electron chi connectivity index (χ4n) is 2.99. The molecule has 0 heterocycles. The average Bonchev–Trinajstić information content (AvgIpc) is 2.61. The third-order valence-electron chi connectivity index (χ3n) is 4.00. The van der Waals surface area contributed by atoms with E-state index in [1.807, 2.05) is 18.2 Å². The van der Waals surface area contributed by atoms with Crippen LogP contribution in [0.5, 0.6) is 23.0 Å². The van der Waals surface area contributed by atoms with Crippen LogP contribution in [-0.4, -0.2) is 28.4 Å². The largest absolute Gasteiger partial charge is 0.496 e. The molecule has 0 bridgehead atoms. The van der Waals surface area contributed by atoms with Gasteiger partial charge in [-0.1, -0.05) is 23.2 Å². The lowest BCUT2D eigenvalue weighted by Crippen LogP contribution is -1.98. The van der Waals surface area contributed by atoms with Crippen molar-refractivity contribution in [2.45, 2.75) is 0 Å². The molecule has 126 valence electrons. The molecule has 0 aromatic heterocycles. The molecule has 6 heteroatoms. The minimum Gasteiger partial charge on any atom is -0.496 e. The van der Waals surface area contributed by atoms with Crippen molar-refractivity contribution in [3.63, 3.8) is 0 Å². The maximum Gasteiger partial charge on any atom is 0.140 e. The van der Waals surface area contributed by atoms with E-state index in [4.69, 9.17) is 42.1 Å². The monoisotopic (exact) mass is 366 g/mol. The van der Waals surface area contributed by atoms with Crippen LogP contribution in [0.3, 0.4) is 0 Å². The molecule has 0 spiro atoms. The molecule has 3 rings (SSSR count). The molecule has 0 radical (unpaired) electrons. The smallest absolute Gasteiger partial charge is 0.140 e. The average molecular weight is 367 g/mol. The van der Waals surface area contributed by atoms with Gasteiger partial charge in [0.2, 0.25) is 0 Å². The molecule has 0 saturated carbocycles. The second-order valence-corrected chi connectivity index (χ2v) is 5.86. The topological polar surface area (TPSA) is 36.9 Å². The highest BCUT2D eigenvalue weighted by atomic mass is 35.5. The van der Waals surface area contributed by atoms with E-state index in [9.17, 15) is 0 Å². The summed E-state index contributed by atoms with van der Waals surface area (Å²) in [6.07, 6.45) is 0. The number of rotatable bonds is 4. The number of ether oxygens (including phenoxy) is 4. The molecule has 0 aliphatic rings. The Kier molecular flexibility index (Phi) is 4.52. The van der Waals surface area contributed by atoms with Crippen molar-refractivity contribution >= 4 is 44.7 Å². The van der Waals surface area contributed by atoms with E-state index in [2.05, 4.69) is 0 Å². The van der Waals surface area contributed by atoms with E-state index in [1.54, 1.807) is 34.5 Å². The number of hydrogen-bond donors (Lipinski definition) is 0. The van der Waals surface area contributed by atoms with Gasteiger partial charge >= 0.3 is 0 Å². The van der Waals surface area contributed by atoms with Crippen molar-refractivity contribution in [1.29, 1.82) is 0 Å². The first-order valence-corrected chi connectivity index (χ1v) is 7.90. The van der Waals surface area contributed by atoms with Gasteiger partial charge in [-0.05, 0) is 24.3 Å². The Morgan fingerprint density at radius 1 is 0.625 bits per heavy atom. The van der Waals surface area contributed by atoms with E-state index in [0.29, 0.717) is 43.8 Å². The number of hydrogen-bond acceptors (Lipinski definition) is 4. The Labute approximate surface area is 149 Å². The lowest BCUT2D eigenvalue weighted by atomic mass is 9.99. The van der Waals surface area contributed by atoms with Crippen molar-refractivity contribution in [1.82, 2.24) is 0 Å². The number of methoxy groups -OCH3 is 4. The Morgan fingerprint density at radius 2 is 1.17 bits per heavy atom. The van der Waals surface area contributed by atoms with Gasteiger partial charge in [-0.25, -0.2) is 0 Å². The van der Waals surface area contributed by atoms with Gasteiger partial charge in [0.05, 0.1) is 49.3 Å². The standard InChI is InChI=1S/C18H16Cl2O4/c1-21-11-7-8-12(22-2)15-14(11)17(23-3)9-5-6-10(19)16(20)13(9)18(15)24-4/h5-8H,1-4H3. The summed E-state index contributed by atoms with van der Waals surface area (Å²) < 4.78 is 22.4. The normalized spacial score (nSPS) is 10.9. The van der Waals surface area contributed by atoms with Crippen LogP contribution < -0.4 is 18.9 Å². The van der Waals surface area contributed by atoms with E-state index in [0.717, 1.165) is 10.8 Å². The lowest BCUT2D eigenvalue weighted by molar-refractivity contribution is 0.396. The molecular weight excluding hydrogens is 351 g/mol. The zero-order valence-corrected chi connectivity index (χ0v) is 15.2. The molecule has 4 nitrogen and oxygen atoms in total. The van der Waals surface area contributed by atoms with Crippen LogP contribution in [0.15, 0.2) is 24.3 Å². The van der Waals surface area contributed by atoms with Crippen molar-refractivity contribution in [3.05, 3.63) is 34.3 Å². The summed E-state index contributed by atoms with van der Waals surface area (Å²) in [5, 5.41) is 3.75. The van der Waals surface area contributed by atoms with Crippen molar-refractivity contribution in [3.8, 4) is 23.0 Å². The van der Waals surface area contributed by atoms with Gasteiger partial charge in [-0.2, -0.15) is 0 Å². The van der Waals surface area contributed by atoms with Gasteiger partial charge in [-0.15, -0.1) is 0 Å². The second kappa shape index (κ2) is 6.46. The zero-order chi connectivity index (χ0) is 17.4. The SMILES string of the molecule is COc1ccc(OC)c2c(OC)c3c(Cl)c(Cl)ccc3c(OC)c12. The molecule has 0 saturated heterocycles. The first-order valence-electron chi connectivity index (χ1n) is 7.15. The number of benzene rings is 3. The fourth-order valence-corrected chi connectivity index (χ4v) is 3.40. The fraction of sp³-hybridized carbons (Fsp3) is 0.222. The highest BCUT2D eigenvalue weighted by Gasteiger charge is 2.24. The Hall–Kier alpha value is -2.04. The van der Waals surface area contributed by atoms with Crippen molar-refractivity contribution in [2.75, 3.05) is 28.4 Å². The number of halogens is 2. The molecule has 0 fully saturated rings. The van der Waals surface area contributed by atoms with E-state index < -0.39 is 0 Å². The second-order valence-electron chi connectivity index (χ2n) is 5.07. The van der Waals surface area contributed by atoms with Crippen LogP contribution in [0.25, 0.3) is 21.5 Å². The summed E-state index contributed by atoms with van der Waals surface area (Å²) in [7, 11) is 6.38. The van der Waals surface area contributed by atoms with Gasteiger partial charge in [-0.3, -0.25) is 0 Å². The van der Waals surface area contributed by atoms with Gasteiger partial charge in [0, 0.05) is 10.8 Å². The maximum absolute atomic E-state index is 6.47. The van der Waals surface area contributed by atoms with Crippen molar-refractivity contribution < 1.29 is 18.9 Å². The third kappa shape index (κ3) is 2.29.